The molecule has 0 unspecified atom stereocenters. The molecular formula is C18H26. The van der Waals surface area contributed by atoms with Crippen LogP contribution in [0.4, 0.5) is 0 Å². The average Bonchev–Trinajstić information content (AvgIpc) is 2.29. The minimum Gasteiger partial charge on any atom is -0.103 e. The molecule has 0 aliphatic heterocycles. The highest BCUT2D eigenvalue weighted by Gasteiger charge is 2.14. The van der Waals surface area contributed by atoms with Gasteiger partial charge in [0, 0.05) is 12.8 Å². The van der Waals surface area contributed by atoms with Gasteiger partial charge in [-0.15, -0.1) is 11.8 Å². The van der Waals surface area contributed by atoms with Crippen molar-refractivity contribution in [2.75, 3.05) is 0 Å². The monoisotopic (exact) mass is 242 g/mol. The van der Waals surface area contributed by atoms with Crippen molar-refractivity contribution in [2.45, 2.75) is 65.7 Å². The molecule has 0 aromatic heterocycles. The van der Waals surface area contributed by atoms with Crippen LogP contribution < -0.4 is 0 Å². The van der Waals surface area contributed by atoms with E-state index in [0.29, 0.717) is 0 Å². The van der Waals surface area contributed by atoms with Crippen LogP contribution in [-0.4, -0.2) is 0 Å². The van der Waals surface area contributed by atoms with Crippen molar-refractivity contribution in [1.29, 1.82) is 0 Å². The van der Waals surface area contributed by atoms with Crippen molar-refractivity contribution in [3.63, 3.8) is 0 Å². The van der Waals surface area contributed by atoms with E-state index in [0.717, 1.165) is 25.7 Å². The molecule has 0 N–H and O–H groups in total. The molecule has 0 aliphatic carbocycles. The van der Waals surface area contributed by atoms with Gasteiger partial charge in [-0.05, 0) is 41.9 Å². The van der Waals surface area contributed by atoms with E-state index in [9.17, 15) is 0 Å². The smallest absolute Gasteiger partial charge is 0.0129 e. The summed E-state index contributed by atoms with van der Waals surface area (Å²) in [5, 5.41) is 0. The van der Waals surface area contributed by atoms with Crippen LogP contribution in [-0.2, 0) is 11.8 Å². The zero-order valence-electron chi connectivity index (χ0n) is 12.6. The summed E-state index contributed by atoms with van der Waals surface area (Å²) in [7, 11) is 0. The van der Waals surface area contributed by atoms with Crippen molar-refractivity contribution in [1.82, 2.24) is 0 Å². The predicted molar refractivity (Wildman–Crippen MR) is 80.9 cm³/mol. The zero-order chi connectivity index (χ0) is 13.6. The first-order valence-electron chi connectivity index (χ1n) is 7.01. The molecule has 98 valence electrons. The van der Waals surface area contributed by atoms with Crippen LogP contribution in [0.25, 0.3) is 0 Å². The molecule has 0 spiro atoms. The van der Waals surface area contributed by atoms with Gasteiger partial charge >= 0.3 is 0 Å². The minimum absolute atomic E-state index is 0.232. The second kappa shape index (κ2) is 6.64. The molecule has 0 heteroatoms. The highest BCUT2D eigenvalue weighted by molar-refractivity contribution is 5.35. The number of unbranched alkanes of at least 4 members (excludes halogenated alkanes) is 1. The van der Waals surface area contributed by atoms with E-state index < -0.39 is 0 Å². The summed E-state index contributed by atoms with van der Waals surface area (Å²) in [6, 6.07) is 6.85. The fourth-order valence-corrected chi connectivity index (χ4v) is 1.91. The fraction of sp³-hybridized carbons (Fsp3) is 0.556. The van der Waals surface area contributed by atoms with E-state index in [-0.39, 0.29) is 5.41 Å². The lowest BCUT2D eigenvalue weighted by atomic mass is 9.85. The Morgan fingerprint density at radius 1 is 1.06 bits per heavy atom. The van der Waals surface area contributed by atoms with Gasteiger partial charge in [-0.1, -0.05) is 45.9 Å². The third kappa shape index (κ3) is 4.57. The molecule has 1 rings (SSSR count). The maximum Gasteiger partial charge on any atom is 0.0129 e. The van der Waals surface area contributed by atoms with Gasteiger partial charge in [0.1, 0.15) is 0 Å². The van der Waals surface area contributed by atoms with Crippen LogP contribution in [0, 0.1) is 18.8 Å². The van der Waals surface area contributed by atoms with E-state index in [1.54, 1.807) is 0 Å². The summed E-state index contributed by atoms with van der Waals surface area (Å²) in [6.07, 6.45) is 4.24. The molecule has 0 heterocycles. The van der Waals surface area contributed by atoms with Gasteiger partial charge in [0.2, 0.25) is 0 Å². The van der Waals surface area contributed by atoms with Gasteiger partial charge in [0.05, 0.1) is 0 Å². The Morgan fingerprint density at radius 3 is 2.33 bits per heavy atom. The van der Waals surface area contributed by atoms with Crippen molar-refractivity contribution >= 4 is 0 Å². The predicted octanol–water partition coefficient (Wildman–Crippen LogP) is 5.03. The molecule has 0 amide bonds. The lowest BCUT2D eigenvalue weighted by Gasteiger charge is -2.20. The van der Waals surface area contributed by atoms with Gasteiger partial charge in [-0.25, -0.2) is 0 Å². The van der Waals surface area contributed by atoms with E-state index in [1.807, 2.05) is 0 Å². The summed E-state index contributed by atoms with van der Waals surface area (Å²) in [6.45, 7) is 11.2. The molecule has 18 heavy (non-hydrogen) atoms. The Bertz CT molecular complexity index is 435. The molecule has 0 atom stereocenters. The number of rotatable bonds is 3. The first-order chi connectivity index (χ1) is 8.45. The maximum absolute atomic E-state index is 3.27. The van der Waals surface area contributed by atoms with E-state index in [1.165, 1.54) is 16.7 Å². The SMILES string of the molecule is CCCC#CCCc1cc(C(C)(C)C)ccc1C. The van der Waals surface area contributed by atoms with E-state index in [2.05, 4.69) is 64.7 Å². The Hall–Kier alpha value is -1.22. The Balaban J connectivity index is 2.74. The summed E-state index contributed by atoms with van der Waals surface area (Å²) in [5.41, 5.74) is 4.49. The highest BCUT2D eigenvalue weighted by atomic mass is 14.2. The fourth-order valence-electron chi connectivity index (χ4n) is 1.91. The highest BCUT2D eigenvalue weighted by Crippen LogP contribution is 2.24. The minimum atomic E-state index is 0.232. The molecule has 0 nitrogen and oxygen atoms in total. The zero-order valence-corrected chi connectivity index (χ0v) is 12.6. The van der Waals surface area contributed by atoms with Gasteiger partial charge in [0.15, 0.2) is 0 Å². The lowest BCUT2D eigenvalue weighted by Crippen LogP contribution is -2.11. The first kappa shape index (κ1) is 14.8. The molecule has 0 saturated carbocycles. The van der Waals surface area contributed by atoms with Crippen molar-refractivity contribution in [3.8, 4) is 11.8 Å². The van der Waals surface area contributed by atoms with Crippen LogP contribution in [0.2, 0.25) is 0 Å². The molecule has 0 fully saturated rings. The standard InChI is InChI=1S/C18H26/c1-6-7-8-9-10-11-16-14-17(18(3,4)5)13-12-15(16)2/h12-14H,6-7,10-11H2,1-5H3. The van der Waals surface area contributed by atoms with Crippen LogP contribution in [0.1, 0.15) is 63.6 Å². The van der Waals surface area contributed by atoms with Crippen molar-refractivity contribution in [2.24, 2.45) is 0 Å². The van der Waals surface area contributed by atoms with E-state index in [4.69, 9.17) is 0 Å². The number of hydrogen-bond acceptors (Lipinski definition) is 0. The normalized spacial score (nSPS) is 10.9. The molecule has 1 aromatic carbocycles. The Labute approximate surface area is 113 Å². The van der Waals surface area contributed by atoms with Gasteiger partial charge in [0.25, 0.3) is 0 Å². The largest absolute Gasteiger partial charge is 0.103 e. The van der Waals surface area contributed by atoms with Crippen LogP contribution in [0.15, 0.2) is 18.2 Å². The molecular weight excluding hydrogens is 216 g/mol. The Kier molecular flexibility index (Phi) is 5.48. The average molecular weight is 242 g/mol. The van der Waals surface area contributed by atoms with Gasteiger partial charge in [-0.3, -0.25) is 0 Å². The second-order valence-corrected chi connectivity index (χ2v) is 5.99. The van der Waals surface area contributed by atoms with Crippen LogP contribution >= 0.6 is 0 Å². The number of hydrogen-bond donors (Lipinski definition) is 0. The second-order valence-electron chi connectivity index (χ2n) is 5.99. The molecule has 0 saturated heterocycles. The van der Waals surface area contributed by atoms with Crippen LogP contribution in [0.5, 0.6) is 0 Å². The first-order valence-corrected chi connectivity index (χ1v) is 7.01. The van der Waals surface area contributed by atoms with Gasteiger partial charge < -0.3 is 0 Å². The summed E-state index contributed by atoms with van der Waals surface area (Å²) < 4.78 is 0. The third-order valence-corrected chi connectivity index (χ3v) is 3.23. The summed E-state index contributed by atoms with van der Waals surface area (Å²) in [4.78, 5) is 0. The third-order valence-electron chi connectivity index (χ3n) is 3.23. The lowest BCUT2D eigenvalue weighted by molar-refractivity contribution is 0.589. The molecule has 0 radical (unpaired) electrons. The summed E-state index contributed by atoms with van der Waals surface area (Å²) in [5.74, 6) is 6.49. The quantitative estimate of drug-likeness (QED) is 0.652. The maximum atomic E-state index is 3.27. The van der Waals surface area contributed by atoms with Crippen LogP contribution in [0.3, 0.4) is 0 Å². The van der Waals surface area contributed by atoms with Crippen molar-refractivity contribution < 1.29 is 0 Å². The van der Waals surface area contributed by atoms with Crippen molar-refractivity contribution in [3.05, 3.63) is 34.9 Å². The molecule has 0 bridgehead atoms. The number of benzene rings is 1. The number of aryl methyl sites for hydroxylation is 2. The summed E-state index contributed by atoms with van der Waals surface area (Å²) >= 11 is 0. The molecule has 1 aromatic rings. The topological polar surface area (TPSA) is 0 Å². The van der Waals surface area contributed by atoms with Gasteiger partial charge in [-0.2, -0.15) is 0 Å². The van der Waals surface area contributed by atoms with E-state index >= 15 is 0 Å². The molecule has 0 aliphatic rings. The Morgan fingerprint density at radius 2 is 1.72 bits per heavy atom.